The van der Waals surface area contributed by atoms with Gasteiger partial charge in [-0.3, -0.25) is 4.79 Å². The summed E-state index contributed by atoms with van der Waals surface area (Å²) in [6, 6.07) is 0. The molecule has 15 heavy (non-hydrogen) atoms. The normalized spacial score (nSPS) is 9.13. The first kappa shape index (κ1) is 16.3. The number of quaternary nitrogens is 1. The van der Waals surface area contributed by atoms with Crippen molar-refractivity contribution in [3.8, 4) is 0 Å². The largest absolute Gasteiger partial charge is 0.550 e. The predicted octanol–water partition coefficient (Wildman–Crippen LogP) is -1.77. The zero-order chi connectivity index (χ0) is 12.3. The molecule has 0 aliphatic heterocycles. The van der Waals surface area contributed by atoms with Crippen LogP contribution in [0.4, 0.5) is 0 Å². The van der Waals surface area contributed by atoms with Gasteiger partial charge in [0, 0.05) is 5.97 Å². The van der Waals surface area contributed by atoms with E-state index in [0.717, 1.165) is 6.54 Å². The molecule has 0 aliphatic rings. The number of hydrogen-bond donors (Lipinski definition) is 1. The second kappa shape index (κ2) is 11.0. The van der Waals surface area contributed by atoms with E-state index in [1.54, 1.807) is 0 Å². The van der Waals surface area contributed by atoms with E-state index in [-0.39, 0.29) is 12.8 Å². The number of aliphatic carboxylic acids is 1. The van der Waals surface area contributed by atoms with E-state index in [9.17, 15) is 14.7 Å². The summed E-state index contributed by atoms with van der Waals surface area (Å²) in [7, 11) is 3.88. The zero-order valence-corrected chi connectivity index (χ0v) is 9.96. The fourth-order valence-electron chi connectivity index (χ4n) is 0.645. The summed E-state index contributed by atoms with van der Waals surface area (Å²) in [5, 5.41) is 9.96. The van der Waals surface area contributed by atoms with E-state index in [2.05, 4.69) is 0 Å². The number of hydrogen-bond acceptors (Lipinski definition) is 4. The molecule has 90 valence electrons. The molecule has 0 atom stereocenters. The van der Waals surface area contributed by atoms with Crippen molar-refractivity contribution in [3.63, 3.8) is 0 Å². The summed E-state index contributed by atoms with van der Waals surface area (Å²) < 4.78 is 4.75. The lowest BCUT2D eigenvalue weighted by molar-refractivity contribution is -0.858. The molecule has 0 radical (unpaired) electrons. The number of carbonyl (C=O) groups excluding carboxylic acids is 2. The summed E-state index contributed by atoms with van der Waals surface area (Å²) in [4.78, 5) is 21.9. The highest BCUT2D eigenvalue weighted by molar-refractivity contribution is 5.75. The quantitative estimate of drug-likeness (QED) is 0.537. The molecule has 0 spiro atoms. The maximum Gasteiger partial charge on any atom is 0.306 e. The second-order valence-corrected chi connectivity index (χ2v) is 3.05. The Morgan fingerprint density at radius 1 is 1.20 bits per heavy atom. The van der Waals surface area contributed by atoms with Gasteiger partial charge in [0.15, 0.2) is 0 Å². The standard InChI is InChI=1S/C8H15NO4.C2H6/c1-9(2)5-6-13-8(12)4-3-7(10)11;1-2/h3-6H2,1-2H3,(H,10,11);1-2H3. The van der Waals surface area contributed by atoms with Crippen LogP contribution in [0.2, 0.25) is 0 Å². The van der Waals surface area contributed by atoms with Gasteiger partial charge in [0.1, 0.15) is 13.2 Å². The van der Waals surface area contributed by atoms with Crippen molar-refractivity contribution in [2.24, 2.45) is 0 Å². The molecule has 0 aliphatic carbocycles. The summed E-state index contributed by atoms with van der Waals surface area (Å²) in [5.41, 5.74) is 0. The smallest absolute Gasteiger partial charge is 0.306 e. The van der Waals surface area contributed by atoms with E-state index in [0.29, 0.717) is 6.61 Å². The average Bonchev–Trinajstić information content (AvgIpc) is 2.17. The third-order valence-corrected chi connectivity index (χ3v) is 1.40. The average molecular weight is 219 g/mol. The summed E-state index contributed by atoms with van der Waals surface area (Å²) in [5.74, 6) is -1.71. The van der Waals surface area contributed by atoms with Gasteiger partial charge in [-0.15, -0.1) is 0 Å². The maximum absolute atomic E-state index is 10.8. The first-order valence-electron chi connectivity index (χ1n) is 5.17. The summed E-state index contributed by atoms with van der Waals surface area (Å²) >= 11 is 0. The van der Waals surface area contributed by atoms with Crippen LogP contribution in [0.15, 0.2) is 0 Å². The Morgan fingerprint density at radius 3 is 2.13 bits per heavy atom. The lowest BCUT2D eigenvalue weighted by Gasteiger charge is -2.07. The second-order valence-electron chi connectivity index (χ2n) is 3.05. The third kappa shape index (κ3) is 15.6. The van der Waals surface area contributed by atoms with Crippen LogP contribution in [0.1, 0.15) is 26.7 Å². The van der Waals surface area contributed by atoms with Gasteiger partial charge < -0.3 is 19.5 Å². The van der Waals surface area contributed by atoms with Crippen LogP contribution in [-0.4, -0.2) is 39.2 Å². The van der Waals surface area contributed by atoms with Crippen molar-refractivity contribution >= 4 is 11.9 Å². The molecule has 0 bridgehead atoms. The third-order valence-electron chi connectivity index (χ3n) is 1.40. The summed E-state index contributed by atoms with van der Waals surface area (Å²) in [6.07, 6.45) is -0.376. The highest BCUT2D eigenvalue weighted by Crippen LogP contribution is 1.90. The van der Waals surface area contributed by atoms with Gasteiger partial charge in [0.05, 0.1) is 20.5 Å². The molecule has 0 saturated heterocycles. The minimum Gasteiger partial charge on any atom is -0.550 e. The van der Waals surface area contributed by atoms with E-state index in [4.69, 9.17) is 4.74 Å². The topological polar surface area (TPSA) is 70.9 Å². The maximum atomic E-state index is 10.8. The Balaban J connectivity index is 0. The molecule has 0 aromatic rings. The Kier molecular flexibility index (Phi) is 12.0. The number of likely N-dealkylation sites (N-methyl/N-ethyl adjacent to an activating group) is 1. The lowest BCUT2D eigenvalue weighted by atomic mass is 10.3. The Hall–Kier alpha value is -1.10. The van der Waals surface area contributed by atoms with Gasteiger partial charge in [0.2, 0.25) is 0 Å². The van der Waals surface area contributed by atoms with Crippen LogP contribution in [0.25, 0.3) is 0 Å². The van der Waals surface area contributed by atoms with Crippen LogP contribution in [0, 0.1) is 0 Å². The zero-order valence-electron chi connectivity index (χ0n) is 9.96. The van der Waals surface area contributed by atoms with Crippen molar-refractivity contribution in [3.05, 3.63) is 0 Å². The molecule has 0 amide bonds. The molecule has 0 unspecified atom stereocenters. The molecular weight excluding hydrogens is 198 g/mol. The van der Waals surface area contributed by atoms with Gasteiger partial charge in [-0.1, -0.05) is 13.8 Å². The van der Waals surface area contributed by atoms with Gasteiger partial charge in [0.25, 0.3) is 0 Å². The first-order chi connectivity index (χ1) is 7.02. The van der Waals surface area contributed by atoms with E-state index in [1.165, 1.54) is 4.90 Å². The number of esters is 1. The first-order valence-corrected chi connectivity index (χ1v) is 5.17. The number of carbonyl (C=O) groups is 2. The highest BCUT2D eigenvalue weighted by Gasteiger charge is 2.03. The monoisotopic (exact) mass is 219 g/mol. The van der Waals surface area contributed by atoms with E-state index in [1.807, 2.05) is 27.9 Å². The van der Waals surface area contributed by atoms with Gasteiger partial charge in [-0.2, -0.15) is 0 Å². The van der Waals surface area contributed by atoms with Crippen molar-refractivity contribution in [1.29, 1.82) is 0 Å². The fourth-order valence-corrected chi connectivity index (χ4v) is 0.645. The highest BCUT2D eigenvalue weighted by atomic mass is 16.5. The van der Waals surface area contributed by atoms with Crippen LogP contribution >= 0.6 is 0 Å². The van der Waals surface area contributed by atoms with Crippen molar-refractivity contribution < 1.29 is 24.3 Å². The van der Waals surface area contributed by atoms with Crippen LogP contribution < -0.4 is 10.0 Å². The van der Waals surface area contributed by atoms with Gasteiger partial charge >= 0.3 is 5.97 Å². The molecule has 0 fully saturated rings. The molecule has 0 heterocycles. The SMILES string of the molecule is CC.C[NH+](C)CCOC(=O)CCC(=O)[O-]. The van der Waals surface area contributed by atoms with Gasteiger partial charge in [-0.25, -0.2) is 0 Å². The number of ether oxygens (including phenoxy) is 1. The molecule has 0 aromatic heterocycles. The molecule has 0 saturated carbocycles. The van der Waals surface area contributed by atoms with Crippen LogP contribution in [0.3, 0.4) is 0 Å². The Bertz CT molecular complexity index is 180. The lowest BCUT2D eigenvalue weighted by Crippen LogP contribution is -3.06. The minimum absolute atomic E-state index is 0.106. The Morgan fingerprint density at radius 2 is 1.73 bits per heavy atom. The number of nitrogens with one attached hydrogen (secondary N) is 1. The number of carboxylic acid groups (broad SMARTS) is 1. The van der Waals surface area contributed by atoms with Crippen molar-refractivity contribution in [1.82, 2.24) is 0 Å². The van der Waals surface area contributed by atoms with Gasteiger partial charge in [-0.05, 0) is 6.42 Å². The van der Waals surface area contributed by atoms with Crippen molar-refractivity contribution in [2.45, 2.75) is 26.7 Å². The summed E-state index contributed by atoms with van der Waals surface area (Å²) in [6.45, 7) is 5.05. The van der Waals surface area contributed by atoms with E-state index >= 15 is 0 Å². The van der Waals surface area contributed by atoms with Crippen molar-refractivity contribution in [2.75, 3.05) is 27.2 Å². The minimum atomic E-state index is -1.23. The van der Waals surface area contributed by atoms with Crippen LogP contribution in [0.5, 0.6) is 0 Å². The van der Waals surface area contributed by atoms with E-state index < -0.39 is 11.9 Å². The number of carboxylic acids is 1. The predicted molar refractivity (Wildman–Crippen MR) is 54.2 cm³/mol. The molecule has 0 rings (SSSR count). The molecule has 0 aromatic carbocycles. The van der Waals surface area contributed by atoms with Crippen LogP contribution in [-0.2, 0) is 14.3 Å². The Labute approximate surface area is 91.0 Å². The molecule has 5 nitrogen and oxygen atoms in total. The molecular formula is C10H21NO4. The fraction of sp³-hybridized carbons (Fsp3) is 0.800. The molecule has 5 heteroatoms. The molecule has 1 N–H and O–H groups in total. The number of rotatable bonds is 6.